The van der Waals surface area contributed by atoms with Crippen molar-refractivity contribution >= 4 is 12.0 Å². The Hall–Kier alpha value is -3.21. The molecule has 198 valence electrons. The van der Waals surface area contributed by atoms with Gasteiger partial charge in [0.1, 0.15) is 5.82 Å². The topological polar surface area (TPSA) is 46.9 Å². The third kappa shape index (κ3) is 4.95. The van der Waals surface area contributed by atoms with Gasteiger partial charge in [-0.1, -0.05) is 68.5 Å². The minimum Gasteiger partial charge on any atom is -0.349 e. The first-order valence-corrected chi connectivity index (χ1v) is 14.4. The molecule has 3 aliphatic carbocycles. The predicted octanol–water partition coefficient (Wildman–Crippen LogP) is 7.59. The van der Waals surface area contributed by atoms with E-state index in [-0.39, 0.29) is 23.2 Å². The van der Waals surface area contributed by atoms with E-state index in [4.69, 9.17) is 0 Å². The largest absolute Gasteiger partial charge is 0.349 e. The summed E-state index contributed by atoms with van der Waals surface area (Å²) in [6.45, 7) is 2.40. The van der Waals surface area contributed by atoms with Crippen LogP contribution in [0.3, 0.4) is 0 Å². The number of rotatable bonds is 8. The molecule has 5 heteroatoms. The number of allylic oxidation sites excluding steroid dienone is 1. The Labute approximate surface area is 225 Å². The molecular formula is C33H38FN3O. The molecule has 2 fully saturated rings. The number of hydrogen-bond donors (Lipinski definition) is 1. The van der Waals surface area contributed by atoms with E-state index in [0.717, 1.165) is 49.4 Å². The van der Waals surface area contributed by atoms with Crippen molar-refractivity contribution < 1.29 is 9.18 Å². The van der Waals surface area contributed by atoms with Gasteiger partial charge in [0, 0.05) is 6.42 Å². The Morgan fingerprint density at radius 2 is 1.87 bits per heavy atom. The molecule has 1 aromatic heterocycles. The van der Waals surface area contributed by atoms with E-state index < -0.39 is 0 Å². The maximum absolute atomic E-state index is 13.5. The number of carbonyl (C=O) groups excluding carboxylic acids is 1. The van der Waals surface area contributed by atoms with Crippen molar-refractivity contribution in [1.82, 2.24) is 15.1 Å². The minimum atomic E-state index is -0.238. The van der Waals surface area contributed by atoms with E-state index in [2.05, 4.69) is 47.7 Å². The lowest BCUT2D eigenvalue weighted by Crippen LogP contribution is -2.35. The SMILES string of the molecule is CC12Cc3cnn(-c4ccc(F)cc4)c3C=C1CCC2CC(NC(=O)CCC1CCCC1)c1ccccc1. The van der Waals surface area contributed by atoms with Crippen LogP contribution in [0.1, 0.15) is 87.6 Å². The fourth-order valence-corrected chi connectivity index (χ4v) is 7.25. The van der Waals surface area contributed by atoms with Crippen molar-refractivity contribution in [2.45, 2.75) is 77.2 Å². The van der Waals surface area contributed by atoms with E-state index in [1.54, 1.807) is 12.1 Å². The van der Waals surface area contributed by atoms with Gasteiger partial charge in [-0.2, -0.15) is 5.10 Å². The third-order valence-electron chi connectivity index (χ3n) is 9.53. The fourth-order valence-electron chi connectivity index (χ4n) is 7.25. The third-order valence-corrected chi connectivity index (χ3v) is 9.53. The highest BCUT2D eigenvalue weighted by Gasteiger charge is 2.46. The van der Waals surface area contributed by atoms with Crippen molar-refractivity contribution in [2.75, 3.05) is 0 Å². The molecule has 1 N–H and O–H groups in total. The number of aromatic nitrogens is 2. The first kappa shape index (κ1) is 25.1. The van der Waals surface area contributed by atoms with Gasteiger partial charge in [0.25, 0.3) is 0 Å². The number of nitrogens with one attached hydrogen (secondary N) is 1. The van der Waals surface area contributed by atoms with Crippen molar-refractivity contribution in [3.8, 4) is 5.69 Å². The number of carbonyl (C=O) groups is 1. The van der Waals surface area contributed by atoms with Crippen molar-refractivity contribution in [2.24, 2.45) is 17.3 Å². The van der Waals surface area contributed by atoms with Crippen molar-refractivity contribution in [3.05, 3.63) is 89.0 Å². The Bertz CT molecular complexity index is 1310. The zero-order valence-corrected chi connectivity index (χ0v) is 22.3. The highest BCUT2D eigenvalue weighted by atomic mass is 19.1. The first-order chi connectivity index (χ1) is 18.5. The molecular weight excluding hydrogens is 473 g/mol. The van der Waals surface area contributed by atoms with Gasteiger partial charge >= 0.3 is 0 Å². The number of hydrogen-bond acceptors (Lipinski definition) is 2. The van der Waals surface area contributed by atoms with Gasteiger partial charge in [0.2, 0.25) is 5.91 Å². The highest BCUT2D eigenvalue weighted by molar-refractivity contribution is 5.76. The standard InChI is InChI=1S/C33H38FN3O/c1-33-21-25-22-35-37(29-16-14-28(34)15-17-29)31(25)20-27(33)13-12-26(33)19-30(24-9-3-2-4-10-24)36-32(38)18-11-23-7-5-6-8-23/h2-4,9-10,14-17,20,22-23,26,30H,5-8,11-13,18-19,21H2,1H3,(H,36,38). The van der Waals surface area contributed by atoms with Gasteiger partial charge in [-0.05, 0) is 90.8 Å². The van der Waals surface area contributed by atoms with Crippen LogP contribution in [0.4, 0.5) is 4.39 Å². The summed E-state index contributed by atoms with van der Waals surface area (Å²) in [5, 5.41) is 8.12. The number of amides is 1. The number of fused-ring (bicyclic) bond motifs is 2. The minimum absolute atomic E-state index is 0.0248. The maximum Gasteiger partial charge on any atom is 0.220 e. The van der Waals surface area contributed by atoms with Crippen LogP contribution >= 0.6 is 0 Å². The molecule has 3 unspecified atom stereocenters. The molecule has 6 rings (SSSR count). The summed E-state index contributed by atoms with van der Waals surface area (Å²) in [5.41, 5.74) is 5.95. The average Bonchev–Trinajstić information content (AvgIpc) is 3.66. The van der Waals surface area contributed by atoms with Crippen LogP contribution < -0.4 is 5.32 Å². The second-order valence-corrected chi connectivity index (χ2v) is 11.9. The second-order valence-electron chi connectivity index (χ2n) is 11.9. The highest BCUT2D eigenvalue weighted by Crippen LogP contribution is 2.55. The van der Waals surface area contributed by atoms with Crippen LogP contribution in [0.15, 0.2) is 66.4 Å². The van der Waals surface area contributed by atoms with Crippen molar-refractivity contribution in [3.63, 3.8) is 0 Å². The molecule has 3 aliphatic rings. The van der Waals surface area contributed by atoms with E-state index in [0.29, 0.717) is 12.3 Å². The van der Waals surface area contributed by atoms with Gasteiger partial charge in [-0.15, -0.1) is 0 Å². The zero-order chi connectivity index (χ0) is 26.1. The molecule has 3 aromatic rings. The lowest BCUT2D eigenvalue weighted by Gasteiger charge is -2.37. The average molecular weight is 512 g/mol. The summed E-state index contributed by atoms with van der Waals surface area (Å²) in [7, 11) is 0. The van der Waals surface area contributed by atoms with Gasteiger partial charge in [-0.25, -0.2) is 9.07 Å². The van der Waals surface area contributed by atoms with Crippen LogP contribution in [0.5, 0.6) is 0 Å². The summed E-state index contributed by atoms with van der Waals surface area (Å²) in [6, 6.07) is 17.1. The predicted molar refractivity (Wildman–Crippen MR) is 149 cm³/mol. The summed E-state index contributed by atoms with van der Waals surface area (Å²) < 4.78 is 15.4. The Balaban J connectivity index is 1.20. The Morgan fingerprint density at radius 1 is 1.11 bits per heavy atom. The smallest absolute Gasteiger partial charge is 0.220 e. The summed E-state index contributed by atoms with van der Waals surface area (Å²) >= 11 is 0. The van der Waals surface area contributed by atoms with Crippen LogP contribution in [-0.2, 0) is 11.2 Å². The van der Waals surface area contributed by atoms with Gasteiger partial charge in [0.15, 0.2) is 0 Å². The number of halogens is 1. The number of benzene rings is 2. The first-order valence-electron chi connectivity index (χ1n) is 14.4. The van der Waals surface area contributed by atoms with Gasteiger partial charge in [0.05, 0.1) is 23.6 Å². The molecule has 1 heterocycles. The lowest BCUT2D eigenvalue weighted by atomic mass is 9.68. The van der Waals surface area contributed by atoms with Crippen molar-refractivity contribution in [1.29, 1.82) is 0 Å². The molecule has 2 saturated carbocycles. The Kier molecular flexibility index (Phi) is 6.94. The van der Waals surface area contributed by atoms with Gasteiger partial charge < -0.3 is 5.32 Å². The van der Waals surface area contributed by atoms with E-state index in [1.807, 2.05) is 16.9 Å². The van der Waals surface area contributed by atoms with Gasteiger partial charge in [-0.3, -0.25) is 4.79 Å². The van der Waals surface area contributed by atoms with Crippen LogP contribution in [-0.4, -0.2) is 15.7 Å². The number of nitrogens with zero attached hydrogens (tertiary/aromatic N) is 2. The van der Waals surface area contributed by atoms with Crippen LogP contribution in [0, 0.1) is 23.1 Å². The molecule has 0 radical (unpaired) electrons. The molecule has 4 nitrogen and oxygen atoms in total. The van der Waals surface area contributed by atoms with E-state index in [1.165, 1.54) is 54.5 Å². The molecule has 0 saturated heterocycles. The second kappa shape index (κ2) is 10.5. The molecule has 1 amide bonds. The summed E-state index contributed by atoms with van der Waals surface area (Å²) in [6.07, 6.45) is 15.2. The molecule has 0 aliphatic heterocycles. The lowest BCUT2D eigenvalue weighted by molar-refractivity contribution is -0.122. The Morgan fingerprint density at radius 3 is 2.63 bits per heavy atom. The quantitative estimate of drug-likeness (QED) is 0.339. The van der Waals surface area contributed by atoms with E-state index >= 15 is 0 Å². The van der Waals surface area contributed by atoms with E-state index in [9.17, 15) is 9.18 Å². The molecule has 3 atom stereocenters. The zero-order valence-electron chi connectivity index (χ0n) is 22.3. The van der Waals surface area contributed by atoms with Crippen LogP contribution in [0.25, 0.3) is 11.8 Å². The molecule has 0 spiro atoms. The van der Waals surface area contributed by atoms with Crippen LogP contribution in [0.2, 0.25) is 0 Å². The monoisotopic (exact) mass is 511 g/mol. The molecule has 2 aromatic carbocycles. The molecule has 0 bridgehead atoms. The fraction of sp³-hybridized carbons (Fsp3) is 0.455. The normalized spacial score (nSPS) is 23.5. The summed E-state index contributed by atoms with van der Waals surface area (Å²) in [4.78, 5) is 13.1. The maximum atomic E-state index is 13.5. The molecule has 38 heavy (non-hydrogen) atoms. The summed E-state index contributed by atoms with van der Waals surface area (Å²) in [5.74, 6) is 1.15.